The van der Waals surface area contributed by atoms with Gasteiger partial charge < -0.3 is 106 Å². The van der Waals surface area contributed by atoms with Crippen LogP contribution in [0.2, 0.25) is 0 Å². The second-order valence-electron chi connectivity index (χ2n) is 23.7. The van der Waals surface area contributed by atoms with Crippen molar-refractivity contribution in [2.75, 3.05) is 72.7 Å². The number of aliphatic carboxylic acids is 5. The molecular formula is C71H97N5O21. The molecule has 5 aliphatic heterocycles. The predicted octanol–water partition coefficient (Wildman–Crippen LogP) is 4.96. The lowest BCUT2D eigenvalue weighted by Gasteiger charge is -2.12. The van der Waals surface area contributed by atoms with Crippen molar-refractivity contribution in [1.29, 1.82) is 0 Å². The van der Waals surface area contributed by atoms with Crippen LogP contribution in [0.15, 0.2) is 121 Å². The van der Waals surface area contributed by atoms with Gasteiger partial charge in [-0.15, -0.1) is 0 Å². The summed E-state index contributed by atoms with van der Waals surface area (Å²) in [4.78, 5) is 53.4. The summed E-state index contributed by atoms with van der Waals surface area (Å²) in [5, 5.41) is 43.8. The molecule has 0 radical (unpaired) electrons. The van der Waals surface area contributed by atoms with E-state index in [0.29, 0.717) is 117 Å². The van der Waals surface area contributed by atoms with E-state index in [-0.39, 0.29) is 31.5 Å². The van der Waals surface area contributed by atoms with Crippen molar-refractivity contribution in [2.24, 2.45) is 28.7 Å². The van der Waals surface area contributed by atoms with Crippen LogP contribution in [0.3, 0.4) is 0 Å². The molecule has 0 amide bonds. The molecule has 5 fully saturated rings. The molecule has 0 aromatic heterocycles. The number of benzene rings is 5. The van der Waals surface area contributed by atoms with E-state index in [1.165, 1.54) is 16.7 Å². The summed E-state index contributed by atoms with van der Waals surface area (Å²) in [5.74, 6) is -4.20. The van der Waals surface area contributed by atoms with Gasteiger partial charge in [-0.3, -0.25) is 24.0 Å². The Morgan fingerprint density at radius 2 is 0.557 bits per heavy atom. The van der Waals surface area contributed by atoms with Crippen LogP contribution in [-0.2, 0) is 129 Å². The second kappa shape index (κ2) is 43.8. The van der Waals surface area contributed by atoms with Crippen LogP contribution in [0, 0.1) is 0 Å². The molecule has 97 heavy (non-hydrogen) atoms. The minimum absolute atomic E-state index is 0.00937. The fraction of sp³-hybridized carbons (Fsp3) is 0.507. The molecule has 5 aliphatic rings. The van der Waals surface area contributed by atoms with E-state index in [2.05, 4.69) is 0 Å². The highest BCUT2D eigenvalue weighted by molar-refractivity contribution is 5.75. The van der Waals surface area contributed by atoms with Crippen molar-refractivity contribution in [2.45, 2.75) is 158 Å². The Balaban J connectivity index is 0.000000192. The molecule has 5 aromatic rings. The van der Waals surface area contributed by atoms with E-state index in [4.69, 9.17) is 106 Å². The number of rotatable bonds is 32. The maximum atomic E-state index is 10.7. The molecule has 0 aliphatic carbocycles. The first-order chi connectivity index (χ1) is 46.7. The number of unbranched alkanes of at least 4 members (excludes halogenated alkanes) is 1. The van der Waals surface area contributed by atoms with Crippen molar-refractivity contribution in [1.82, 2.24) is 0 Å². The number of aryl methyl sites for hydroxylation is 3. The molecule has 0 bridgehead atoms. The summed E-state index contributed by atoms with van der Waals surface area (Å²) in [6.07, 6.45) is 10.6. The van der Waals surface area contributed by atoms with Gasteiger partial charge in [-0.1, -0.05) is 109 Å². The van der Waals surface area contributed by atoms with Gasteiger partial charge in [0.1, 0.15) is 42.6 Å². The third-order valence-electron chi connectivity index (χ3n) is 15.9. The largest absolute Gasteiger partial charge is 0.488 e. The number of hydrogen-bond donors (Lipinski definition) is 10. The van der Waals surface area contributed by atoms with Crippen LogP contribution in [0.4, 0.5) is 0 Å². The summed E-state index contributed by atoms with van der Waals surface area (Å²) >= 11 is 0. The molecule has 15 N–H and O–H groups in total. The lowest BCUT2D eigenvalue weighted by atomic mass is 10.0. The first kappa shape index (κ1) is 78.6. The maximum absolute atomic E-state index is 10.7. The lowest BCUT2D eigenvalue weighted by molar-refractivity contribution is -0.139. The van der Waals surface area contributed by atoms with E-state index in [1.54, 1.807) is 24.3 Å². The molecule has 0 saturated carbocycles. The van der Waals surface area contributed by atoms with Crippen molar-refractivity contribution >= 4 is 29.8 Å². The average Bonchev–Trinajstić information content (AvgIpc) is 2.35. The number of hydrogen-bond acceptors (Lipinski definition) is 21. The molecular weight excluding hydrogens is 1260 g/mol. The highest BCUT2D eigenvalue weighted by Crippen LogP contribution is 2.20. The number of carboxylic acids is 5. The SMILES string of the molecule is NC(Cc1ccc(CC2OCCO2)cc1)C(=O)O.NC(Cc1ccc(CCC2OCCO2)cc1)C(=O)O.NC(Cc1ccc(CCCC2OCCO2)cc1)C(=O)O.NC(Cc1ccc(CCCCC2OCCO2)cc1)C(=O)O.NC(Cc1ccc(OCC2OCCO2)cc1)C(=O)O. The molecule has 5 atom stereocenters. The van der Waals surface area contributed by atoms with Crippen LogP contribution in [0.1, 0.15) is 88.6 Å². The van der Waals surface area contributed by atoms with Crippen LogP contribution in [-0.4, -0.2) is 190 Å². The molecule has 26 heteroatoms. The highest BCUT2D eigenvalue weighted by Gasteiger charge is 2.22. The monoisotopic (exact) mass is 1360 g/mol. The normalized spacial score (nSPS) is 17.4. The Morgan fingerprint density at radius 1 is 0.309 bits per heavy atom. The number of carbonyl (C=O) groups is 5. The van der Waals surface area contributed by atoms with Gasteiger partial charge in [0.05, 0.1) is 66.1 Å². The van der Waals surface area contributed by atoms with Crippen LogP contribution in [0.5, 0.6) is 5.75 Å². The molecule has 532 valence electrons. The van der Waals surface area contributed by atoms with Crippen molar-refractivity contribution < 1.29 is 102 Å². The van der Waals surface area contributed by atoms with Gasteiger partial charge in [-0.25, -0.2) is 0 Å². The molecule has 10 rings (SSSR count). The zero-order valence-electron chi connectivity index (χ0n) is 54.9. The fourth-order valence-electron chi connectivity index (χ4n) is 10.3. The maximum Gasteiger partial charge on any atom is 0.320 e. The zero-order valence-corrected chi connectivity index (χ0v) is 54.9. The Morgan fingerprint density at radius 3 is 0.887 bits per heavy atom. The van der Waals surface area contributed by atoms with Gasteiger partial charge in [0, 0.05) is 12.8 Å². The fourth-order valence-corrected chi connectivity index (χ4v) is 10.3. The van der Waals surface area contributed by atoms with E-state index < -0.39 is 60.1 Å². The van der Waals surface area contributed by atoms with Gasteiger partial charge in [-0.2, -0.15) is 0 Å². The van der Waals surface area contributed by atoms with E-state index in [1.807, 2.05) is 97.1 Å². The number of nitrogens with two attached hydrogens (primary N) is 5. The van der Waals surface area contributed by atoms with Crippen LogP contribution in [0.25, 0.3) is 0 Å². The van der Waals surface area contributed by atoms with E-state index in [0.717, 1.165) is 91.2 Å². The van der Waals surface area contributed by atoms with Crippen molar-refractivity contribution in [3.8, 4) is 5.75 Å². The minimum atomic E-state index is -1.00. The van der Waals surface area contributed by atoms with Gasteiger partial charge in [0.25, 0.3) is 0 Å². The zero-order chi connectivity index (χ0) is 69.7. The quantitative estimate of drug-likeness (QED) is 0.0254. The van der Waals surface area contributed by atoms with Crippen molar-refractivity contribution in [3.05, 3.63) is 171 Å². The van der Waals surface area contributed by atoms with Gasteiger partial charge >= 0.3 is 29.8 Å². The number of ether oxygens (including phenoxy) is 11. The van der Waals surface area contributed by atoms with Crippen molar-refractivity contribution in [3.63, 3.8) is 0 Å². The molecule has 5 aromatic carbocycles. The Hall–Kier alpha value is -7.35. The Bertz CT molecular complexity index is 2960. The molecule has 5 heterocycles. The lowest BCUT2D eigenvalue weighted by Crippen LogP contribution is -2.32. The first-order valence-corrected chi connectivity index (χ1v) is 32.9. The second-order valence-corrected chi connectivity index (χ2v) is 23.7. The Kier molecular flexibility index (Phi) is 35.5. The summed E-state index contributed by atoms with van der Waals surface area (Å²) in [6.45, 7) is 7.01. The summed E-state index contributed by atoms with van der Waals surface area (Å²) in [5.41, 5.74) is 36.9. The Labute approximate surface area is 565 Å². The standard InChI is InChI=1S/C16H23NO4.C15H21NO4.C14H19NO4.C13H17NO5.C13H17NO4/c17-14(16(18)19)11-13-7-5-12(6-8-13)3-1-2-4-15-20-9-10-21-15;16-13(15(17)18)10-12-6-4-11(5-7-12)2-1-3-14-19-8-9-20-14;15-12(14(16)17)9-11-3-1-10(2-4-11)5-6-13-18-7-8-19-13;14-11(13(15)16)7-9-1-3-10(4-2-9)19-8-12-17-5-6-18-12;14-11(13(15)16)7-9-1-3-10(4-2-9)8-12-17-5-6-18-12/h5-8,14-15H,1-4,9-11,17H2,(H,18,19);4-7,13-14H,1-3,8-10,16H2,(H,17,18);1-4,12-13H,5-9,15H2,(H,16,17);1-4,11-12H,5-8,14H2,(H,15,16);1-4,11-12H,5-8,14H2,(H,15,16). The van der Waals surface area contributed by atoms with Gasteiger partial charge in [0.15, 0.2) is 31.5 Å². The van der Waals surface area contributed by atoms with Gasteiger partial charge in [-0.05, 0) is 146 Å². The van der Waals surface area contributed by atoms with Crippen LogP contribution < -0.4 is 33.4 Å². The third kappa shape index (κ3) is 31.8. The summed E-state index contributed by atoms with van der Waals surface area (Å²) < 4.78 is 59.0. The third-order valence-corrected chi connectivity index (χ3v) is 15.9. The topological polar surface area (TPSA) is 418 Å². The van der Waals surface area contributed by atoms with E-state index in [9.17, 15) is 24.0 Å². The summed E-state index contributed by atoms with van der Waals surface area (Å²) in [6, 6.07) is 34.4. The number of carboxylic acid groups (broad SMARTS) is 5. The molecule has 5 saturated heterocycles. The molecule has 0 spiro atoms. The molecule has 5 unspecified atom stereocenters. The predicted molar refractivity (Wildman–Crippen MR) is 355 cm³/mol. The summed E-state index contributed by atoms with van der Waals surface area (Å²) in [7, 11) is 0. The first-order valence-electron chi connectivity index (χ1n) is 32.9. The smallest absolute Gasteiger partial charge is 0.320 e. The van der Waals surface area contributed by atoms with Crippen LogP contribution >= 0.6 is 0 Å². The molecule has 26 nitrogen and oxygen atoms in total. The highest BCUT2D eigenvalue weighted by atomic mass is 16.7. The van der Waals surface area contributed by atoms with Gasteiger partial charge in [0.2, 0.25) is 0 Å². The average molecular weight is 1360 g/mol. The minimum Gasteiger partial charge on any atom is -0.488 e. The van der Waals surface area contributed by atoms with E-state index >= 15 is 0 Å².